The number of ether oxygens (including phenoxy) is 1. The van der Waals surface area contributed by atoms with E-state index in [0.717, 1.165) is 23.1 Å². The van der Waals surface area contributed by atoms with Crippen LogP contribution in [0.4, 0.5) is 4.79 Å². The van der Waals surface area contributed by atoms with Gasteiger partial charge in [-0.2, -0.15) is 5.10 Å². The van der Waals surface area contributed by atoms with Gasteiger partial charge in [-0.25, -0.2) is 14.3 Å². The number of benzene rings is 2. The summed E-state index contributed by atoms with van der Waals surface area (Å²) >= 11 is 0. The van der Waals surface area contributed by atoms with Gasteiger partial charge >= 0.3 is 12.0 Å². The number of furan rings is 1. The second-order valence-electron chi connectivity index (χ2n) is 7.61. The van der Waals surface area contributed by atoms with Gasteiger partial charge in [-0.3, -0.25) is 10.1 Å². The number of urea groups is 1. The van der Waals surface area contributed by atoms with Gasteiger partial charge in [0.25, 0.3) is 5.91 Å². The van der Waals surface area contributed by atoms with Gasteiger partial charge in [-0.1, -0.05) is 43.3 Å². The fourth-order valence-corrected chi connectivity index (χ4v) is 3.30. The van der Waals surface area contributed by atoms with E-state index in [1.807, 2.05) is 67.6 Å². The molecule has 0 aliphatic carbocycles. The highest BCUT2D eigenvalue weighted by molar-refractivity contribution is 5.96. The number of amides is 3. The Bertz CT molecular complexity index is 1340. The Kier molecular flexibility index (Phi) is 7.37. The lowest BCUT2D eigenvalue weighted by atomic mass is 10.2. The normalized spacial score (nSPS) is 11.0. The van der Waals surface area contributed by atoms with Crippen LogP contribution in [0.1, 0.15) is 18.9 Å². The quantitative estimate of drug-likeness (QED) is 0.295. The zero-order chi connectivity index (χ0) is 24.6. The van der Waals surface area contributed by atoms with Crippen LogP contribution in [0.15, 0.2) is 77.4 Å². The first-order valence-corrected chi connectivity index (χ1v) is 11.1. The molecule has 0 aliphatic rings. The molecule has 0 bridgehead atoms. The molecule has 0 saturated carbocycles. The fraction of sp³-hybridized carbons (Fsp3) is 0.154. The molecule has 0 fully saturated rings. The van der Waals surface area contributed by atoms with E-state index in [9.17, 15) is 14.4 Å². The number of aromatic nitrogens is 2. The number of carbonyl (C=O) groups is 3. The third-order valence-electron chi connectivity index (χ3n) is 4.96. The van der Waals surface area contributed by atoms with Gasteiger partial charge in [-0.15, -0.1) is 0 Å². The van der Waals surface area contributed by atoms with Crippen LogP contribution in [0.2, 0.25) is 0 Å². The summed E-state index contributed by atoms with van der Waals surface area (Å²) in [6, 6.07) is 18.4. The highest BCUT2D eigenvalue weighted by Crippen LogP contribution is 2.30. The summed E-state index contributed by atoms with van der Waals surface area (Å²) < 4.78 is 12.6. The van der Waals surface area contributed by atoms with Crippen molar-refractivity contribution in [2.24, 2.45) is 0 Å². The minimum absolute atomic E-state index is 0.436. The molecule has 9 heteroatoms. The number of hydrogen-bond donors (Lipinski definition) is 2. The van der Waals surface area contributed by atoms with Gasteiger partial charge in [0.1, 0.15) is 11.3 Å². The molecule has 3 amide bonds. The highest BCUT2D eigenvalue weighted by Gasteiger charge is 2.16. The number of hydrogen-bond acceptors (Lipinski definition) is 6. The largest absolute Gasteiger partial charge is 0.454 e. The predicted molar refractivity (Wildman–Crippen MR) is 131 cm³/mol. The molecule has 2 aromatic heterocycles. The average molecular weight is 473 g/mol. The van der Waals surface area contributed by atoms with Gasteiger partial charge in [-0.05, 0) is 36.8 Å². The average Bonchev–Trinajstić information content (AvgIpc) is 3.49. The van der Waals surface area contributed by atoms with Crippen molar-refractivity contribution in [2.75, 3.05) is 13.2 Å². The SMILES string of the molecule is CCCNC(=O)NC(=O)COC(=O)C=Cc1cn(-c2ccccc2)nc1-c1cc2ccccc2o1. The van der Waals surface area contributed by atoms with Crippen molar-refractivity contribution in [3.05, 3.63) is 78.5 Å². The first-order chi connectivity index (χ1) is 17.0. The molecule has 2 aromatic carbocycles. The molecule has 0 atom stereocenters. The summed E-state index contributed by atoms with van der Waals surface area (Å²) in [7, 11) is 0. The number of rotatable bonds is 8. The molecule has 0 spiro atoms. The number of para-hydroxylation sites is 2. The van der Waals surface area contributed by atoms with Crippen molar-refractivity contribution in [2.45, 2.75) is 13.3 Å². The standard InChI is InChI=1S/C26H24N4O5/c1-2-14-27-26(33)28-23(31)17-34-24(32)13-12-19-16-30(20-9-4-3-5-10-20)29-25(19)22-15-18-8-6-7-11-21(18)35-22/h3-13,15-16H,2,14,17H2,1H3,(H2,27,28,31,33). The van der Waals surface area contributed by atoms with Crippen molar-refractivity contribution in [1.82, 2.24) is 20.4 Å². The van der Waals surface area contributed by atoms with Crippen molar-refractivity contribution in [3.8, 4) is 17.1 Å². The first-order valence-electron chi connectivity index (χ1n) is 11.1. The fourth-order valence-electron chi connectivity index (χ4n) is 3.30. The van der Waals surface area contributed by atoms with Gasteiger partial charge < -0.3 is 14.5 Å². The molecule has 2 N–H and O–H groups in total. The first kappa shape index (κ1) is 23.5. The van der Waals surface area contributed by atoms with E-state index in [1.54, 1.807) is 17.0 Å². The smallest absolute Gasteiger partial charge is 0.331 e. The Hall–Kier alpha value is -4.66. The number of nitrogens with zero attached hydrogens (tertiary/aromatic N) is 2. The number of imide groups is 1. The number of fused-ring (bicyclic) bond motifs is 1. The molecule has 178 valence electrons. The van der Waals surface area contributed by atoms with Crippen LogP contribution in [0.3, 0.4) is 0 Å². The van der Waals surface area contributed by atoms with Crippen molar-refractivity contribution in [3.63, 3.8) is 0 Å². The maximum Gasteiger partial charge on any atom is 0.331 e. The molecule has 0 radical (unpaired) electrons. The van der Waals surface area contributed by atoms with Crippen molar-refractivity contribution >= 4 is 35.0 Å². The molecular formula is C26H24N4O5. The van der Waals surface area contributed by atoms with Crippen LogP contribution in [0.25, 0.3) is 34.2 Å². The zero-order valence-corrected chi connectivity index (χ0v) is 19.1. The Morgan fingerprint density at radius 3 is 2.63 bits per heavy atom. The Morgan fingerprint density at radius 2 is 1.86 bits per heavy atom. The maximum absolute atomic E-state index is 12.2. The highest BCUT2D eigenvalue weighted by atomic mass is 16.5. The summed E-state index contributed by atoms with van der Waals surface area (Å²) in [6.07, 6.45) is 5.25. The van der Waals surface area contributed by atoms with Crippen LogP contribution in [0.5, 0.6) is 0 Å². The van der Waals surface area contributed by atoms with E-state index < -0.39 is 24.5 Å². The molecule has 2 heterocycles. The second kappa shape index (κ2) is 11.0. The van der Waals surface area contributed by atoms with E-state index >= 15 is 0 Å². The van der Waals surface area contributed by atoms with E-state index in [-0.39, 0.29) is 0 Å². The summed E-state index contributed by atoms with van der Waals surface area (Å²) in [5.74, 6) is -0.913. The predicted octanol–water partition coefficient (Wildman–Crippen LogP) is 4.08. The molecule has 0 unspecified atom stereocenters. The lowest BCUT2D eigenvalue weighted by molar-refractivity contribution is -0.143. The Balaban J connectivity index is 1.51. The van der Waals surface area contributed by atoms with Gasteiger partial charge in [0.2, 0.25) is 0 Å². The minimum atomic E-state index is -0.739. The number of esters is 1. The van der Waals surface area contributed by atoms with Crippen molar-refractivity contribution < 1.29 is 23.5 Å². The molecule has 0 aliphatic heterocycles. The Morgan fingerprint density at radius 1 is 1.09 bits per heavy atom. The van der Waals surface area contributed by atoms with Crippen LogP contribution in [-0.2, 0) is 14.3 Å². The van der Waals surface area contributed by atoms with Crippen LogP contribution in [-0.4, -0.2) is 40.8 Å². The van der Waals surface area contributed by atoms with E-state index in [0.29, 0.717) is 23.6 Å². The monoisotopic (exact) mass is 472 g/mol. The lowest BCUT2D eigenvalue weighted by Crippen LogP contribution is -2.41. The van der Waals surface area contributed by atoms with Crippen LogP contribution < -0.4 is 10.6 Å². The lowest BCUT2D eigenvalue weighted by Gasteiger charge is -2.05. The van der Waals surface area contributed by atoms with Gasteiger partial charge in [0.05, 0.1) is 5.69 Å². The topological polar surface area (TPSA) is 115 Å². The summed E-state index contributed by atoms with van der Waals surface area (Å²) in [6.45, 7) is 1.74. The summed E-state index contributed by atoms with van der Waals surface area (Å²) in [4.78, 5) is 35.5. The van der Waals surface area contributed by atoms with Crippen LogP contribution in [0, 0.1) is 0 Å². The Labute approximate surface area is 201 Å². The maximum atomic E-state index is 12.2. The zero-order valence-electron chi connectivity index (χ0n) is 19.1. The van der Waals surface area contributed by atoms with E-state index in [4.69, 9.17) is 9.15 Å². The van der Waals surface area contributed by atoms with E-state index in [1.165, 1.54) is 6.08 Å². The molecule has 4 aromatic rings. The minimum Gasteiger partial charge on any atom is -0.454 e. The van der Waals surface area contributed by atoms with Crippen LogP contribution >= 0.6 is 0 Å². The number of carbonyl (C=O) groups excluding carboxylic acids is 3. The van der Waals surface area contributed by atoms with Crippen molar-refractivity contribution in [1.29, 1.82) is 0 Å². The second-order valence-corrected chi connectivity index (χ2v) is 7.61. The molecular weight excluding hydrogens is 448 g/mol. The third-order valence-corrected chi connectivity index (χ3v) is 4.96. The molecule has 4 rings (SSSR count). The molecule has 9 nitrogen and oxygen atoms in total. The number of nitrogens with one attached hydrogen (secondary N) is 2. The van der Waals surface area contributed by atoms with Gasteiger partial charge in [0, 0.05) is 29.8 Å². The summed E-state index contributed by atoms with van der Waals surface area (Å²) in [5, 5.41) is 10.2. The molecule has 0 saturated heterocycles. The third kappa shape index (κ3) is 6.02. The summed E-state index contributed by atoms with van der Waals surface area (Å²) in [5.41, 5.74) is 2.72. The molecule has 35 heavy (non-hydrogen) atoms. The van der Waals surface area contributed by atoms with Gasteiger partial charge in [0.15, 0.2) is 12.4 Å². The van der Waals surface area contributed by atoms with E-state index in [2.05, 4.69) is 15.7 Å².